The standard InChI is InChI=1S/C23H25BrN2O3S/c1-22(2,3)29-21(27)26-20-25-12-11-23(30-20)14-19(15-7-5-4-6-8-15)28-18-10-9-16(24)13-17(18)23/h4-10,13,19H,11-12,14H2,1-3H3,(H,25,26,27). The minimum Gasteiger partial charge on any atom is -0.485 e. The molecule has 2 aromatic rings. The highest BCUT2D eigenvalue weighted by molar-refractivity contribution is 9.10. The Balaban J connectivity index is 1.64. The van der Waals surface area contributed by atoms with Gasteiger partial charge in [-0.1, -0.05) is 58.0 Å². The largest absolute Gasteiger partial charge is 0.485 e. The summed E-state index contributed by atoms with van der Waals surface area (Å²) < 4.78 is 12.6. The number of thioether (sulfide) groups is 1. The number of benzene rings is 2. The van der Waals surface area contributed by atoms with Crippen LogP contribution in [0.1, 0.15) is 50.8 Å². The number of ether oxygens (including phenoxy) is 2. The number of hydrogen-bond donors (Lipinski definition) is 1. The molecule has 0 aromatic heterocycles. The zero-order valence-electron chi connectivity index (χ0n) is 17.3. The van der Waals surface area contributed by atoms with E-state index in [-0.39, 0.29) is 10.9 Å². The van der Waals surface area contributed by atoms with Crippen molar-refractivity contribution in [1.29, 1.82) is 0 Å². The highest BCUT2D eigenvalue weighted by Crippen LogP contribution is 2.55. The topological polar surface area (TPSA) is 59.9 Å². The number of aliphatic imine (C=N–C) groups is 1. The van der Waals surface area contributed by atoms with E-state index in [0.29, 0.717) is 11.7 Å². The van der Waals surface area contributed by atoms with E-state index in [9.17, 15) is 4.79 Å². The number of carbonyl (C=O) groups is 1. The van der Waals surface area contributed by atoms with Crippen LogP contribution in [-0.2, 0) is 9.48 Å². The second kappa shape index (κ2) is 8.27. The maximum Gasteiger partial charge on any atom is 0.413 e. The van der Waals surface area contributed by atoms with Crippen LogP contribution < -0.4 is 10.1 Å². The van der Waals surface area contributed by atoms with Gasteiger partial charge in [0.1, 0.15) is 17.5 Å². The van der Waals surface area contributed by atoms with Crippen molar-refractivity contribution in [2.24, 2.45) is 4.99 Å². The lowest BCUT2D eigenvalue weighted by molar-refractivity contribution is 0.0564. The molecule has 0 saturated carbocycles. The van der Waals surface area contributed by atoms with Gasteiger partial charge in [0.05, 0.1) is 4.75 Å². The molecule has 2 heterocycles. The quantitative estimate of drug-likeness (QED) is 0.519. The zero-order chi connectivity index (χ0) is 21.4. The summed E-state index contributed by atoms with van der Waals surface area (Å²) in [5.74, 6) is 0.879. The first-order chi connectivity index (χ1) is 14.2. The fourth-order valence-electron chi connectivity index (χ4n) is 3.81. The molecule has 0 bridgehead atoms. The van der Waals surface area contributed by atoms with E-state index in [0.717, 1.165) is 34.2 Å². The summed E-state index contributed by atoms with van der Waals surface area (Å²) >= 11 is 5.20. The number of alkyl carbamates (subject to hydrolysis) is 1. The van der Waals surface area contributed by atoms with Gasteiger partial charge < -0.3 is 9.47 Å². The molecular weight excluding hydrogens is 464 g/mol. The number of nitrogens with one attached hydrogen (secondary N) is 1. The van der Waals surface area contributed by atoms with Gasteiger partial charge in [-0.05, 0) is 51.0 Å². The molecule has 5 nitrogen and oxygen atoms in total. The van der Waals surface area contributed by atoms with E-state index < -0.39 is 11.7 Å². The van der Waals surface area contributed by atoms with Crippen molar-refractivity contribution in [3.05, 3.63) is 64.1 Å². The molecule has 2 aliphatic heterocycles. The molecule has 7 heteroatoms. The van der Waals surface area contributed by atoms with Crippen molar-refractivity contribution in [2.75, 3.05) is 6.54 Å². The van der Waals surface area contributed by atoms with Gasteiger partial charge in [0.25, 0.3) is 0 Å². The van der Waals surface area contributed by atoms with Crippen LogP contribution >= 0.6 is 27.7 Å². The molecular formula is C23H25BrN2O3S. The monoisotopic (exact) mass is 488 g/mol. The maximum atomic E-state index is 12.3. The molecule has 0 fully saturated rings. The van der Waals surface area contributed by atoms with Crippen molar-refractivity contribution in [3.63, 3.8) is 0 Å². The molecule has 30 heavy (non-hydrogen) atoms. The molecule has 0 saturated heterocycles. The number of fused-ring (bicyclic) bond motifs is 2. The van der Waals surface area contributed by atoms with E-state index in [2.05, 4.69) is 44.4 Å². The molecule has 2 aliphatic rings. The molecule has 1 N–H and O–H groups in total. The Bertz CT molecular complexity index is 974. The molecule has 1 spiro atoms. The summed E-state index contributed by atoms with van der Waals surface area (Å²) in [4.78, 5) is 16.9. The molecule has 0 aliphatic carbocycles. The number of nitrogens with zero attached hydrogens (tertiary/aromatic N) is 1. The molecule has 4 rings (SSSR count). The smallest absolute Gasteiger partial charge is 0.413 e. The first-order valence-electron chi connectivity index (χ1n) is 9.99. The van der Waals surface area contributed by atoms with Crippen molar-refractivity contribution in [3.8, 4) is 5.75 Å². The van der Waals surface area contributed by atoms with Crippen molar-refractivity contribution in [1.82, 2.24) is 5.32 Å². The molecule has 2 atom stereocenters. The highest BCUT2D eigenvalue weighted by Gasteiger charge is 2.45. The average molecular weight is 489 g/mol. The normalized spacial score (nSPS) is 23.2. The Labute approximate surface area is 189 Å². The summed E-state index contributed by atoms with van der Waals surface area (Å²) in [5, 5.41) is 3.44. The summed E-state index contributed by atoms with van der Waals surface area (Å²) in [6, 6.07) is 16.4. The number of amides is 1. The van der Waals surface area contributed by atoms with Crippen molar-refractivity contribution in [2.45, 2.75) is 50.1 Å². The van der Waals surface area contributed by atoms with Crippen LogP contribution in [0.25, 0.3) is 0 Å². The summed E-state index contributed by atoms with van der Waals surface area (Å²) in [5.41, 5.74) is 1.72. The number of carbonyl (C=O) groups excluding carboxylic acids is 1. The Kier molecular flexibility index (Phi) is 5.86. The van der Waals surface area contributed by atoms with E-state index in [1.807, 2.05) is 51.1 Å². The molecule has 1 amide bonds. The van der Waals surface area contributed by atoms with Crippen LogP contribution in [0.2, 0.25) is 0 Å². The van der Waals surface area contributed by atoms with Crippen LogP contribution in [0.15, 0.2) is 58.0 Å². The van der Waals surface area contributed by atoms with Crippen LogP contribution in [0.4, 0.5) is 4.79 Å². The number of halogens is 1. The van der Waals surface area contributed by atoms with Gasteiger partial charge in [-0.3, -0.25) is 10.3 Å². The molecule has 0 radical (unpaired) electrons. The zero-order valence-corrected chi connectivity index (χ0v) is 19.7. The molecule has 2 aromatic carbocycles. The van der Waals surface area contributed by atoms with Gasteiger partial charge in [-0.2, -0.15) is 0 Å². The lowest BCUT2D eigenvalue weighted by Crippen LogP contribution is -2.41. The minimum atomic E-state index is -0.559. The predicted octanol–water partition coefficient (Wildman–Crippen LogP) is 6.19. The number of amidine groups is 1. The fourth-order valence-corrected chi connectivity index (χ4v) is 5.53. The predicted molar refractivity (Wildman–Crippen MR) is 124 cm³/mol. The first kappa shape index (κ1) is 21.2. The van der Waals surface area contributed by atoms with Gasteiger partial charge in [-0.15, -0.1) is 0 Å². The minimum absolute atomic E-state index is 0.0618. The summed E-state index contributed by atoms with van der Waals surface area (Å²) in [6.07, 6.45) is 1.12. The Morgan fingerprint density at radius 3 is 2.77 bits per heavy atom. The van der Waals surface area contributed by atoms with E-state index >= 15 is 0 Å². The maximum absolute atomic E-state index is 12.3. The van der Waals surface area contributed by atoms with Crippen LogP contribution in [0, 0.1) is 0 Å². The Morgan fingerprint density at radius 2 is 2.03 bits per heavy atom. The van der Waals surface area contributed by atoms with Crippen LogP contribution in [-0.4, -0.2) is 23.4 Å². The second-order valence-corrected chi connectivity index (χ2v) is 10.8. The van der Waals surface area contributed by atoms with Gasteiger partial charge in [-0.25, -0.2) is 4.79 Å². The Hall–Kier alpha value is -1.99. The van der Waals surface area contributed by atoms with Gasteiger partial charge in [0.2, 0.25) is 0 Å². The molecule has 158 valence electrons. The average Bonchev–Trinajstić information content (AvgIpc) is 2.68. The third kappa shape index (κ3) is 4.67. The lowest BCUT2D eigenvalue weighted by Gasteiger charge is -2.43. The summed E-state index contributed by atoms with van der Waals surface area (Å²) in [7, 11) is 0. The summed E-state index contributed by atoms with van der Waals surface area (Å²) in [6.45, 7) is 6.17. The fraction of sp³-hybridized carbons (Fsp3) is 0.391. The number of hydrogen-bond acceptors (Lipinski definition) is 5. The SMILES string of the molecule is CC(C)(C)OC(=O)NC1=NCCC2(CC(c3ccccc3)Oc3ccc(Br)cc32)S1. The third-order valence-corrected chi connectivity index (χ3v) is 6.96. The van der Waals surface area contributed by atoms with Gasteiger partial charge >= 0.3 is 6.09 Å². The van der Waals surface area contributed by atoms with E-state index in [1.54, 1.807) is 11.8 Å². The van der Waals surface area contributed by atoms with E-state index in [4.69, 9.17) is 9.47 Å². The third-order valence-electron chi connectivity index (χ3n) is 5.06. The van der Waals surface area contributed by atoms with Crippen LogP contribution in [0.5, 0.6) is 5.75 Å². The van der Waals surface area contributed by atoms with Gasteiger partial charge in [0.15, 0.2) is 5.17 Å². The lowest BCUT2D eigenvalue weighted by atomic mass is 9.84. The highest BCUT2D eigenvalue weighted by atomic mass is 79.9. The Morgan fingerprint density at radius 1 is 1.27 bits per heavy atom. The van der Waals surface area contributed by atoms with Crippen LogP contribution in [0.3, 0.4) is 0 Å². The van der Waals surface area contributed by atoms with Crippen molar-refractivity contribution >= 4 is 39.0 Å². The first-order valence-corrected chi connectivity index (χ1v) is 11.6. The molecule has 2 unspecified atom stereocenters. The van der Waals surface area contributed by atoms with Crippen molar-refractivity contribution < 1.29 is 14.3 Å². The number of rotatable bonds is 1. The van der Waals surface area contributed by atoms with E-state index in [1.165, 1.54) is 0 Å². The second-order valence-electron chi connectivity index (χ2n) is 8.52. The van der Waals surface area contributed by atoms with Gasteiger partial charge in [0, 0.05) is 23.0 Å².